The molecule has 0 radical (unpaired) electrons. The van der Waals surface area contributed by atoms with Gasteiger partial charge in [-0.2, -0.15) is 0 Å². The van der Waals surface area contributed by atoms with Crippen LogP contribution in [0.3, 0.4) is 0 Å². The van der Waals surface area contributed by atoms with Crippen molar-refractivity contribution in [3.8, 4) is 0 Å². The topological polar surface area (TPSA) is 79.8 Å². The lowest BCUT2D eigenvalue weighted by atomic mass is 10.5. The zero-order valence-corrected chi connectivity index (χ0v) is 10.6. The molecule has 0 aromatic carbocycles. The largest absolute Gasteiger partial charge is 0.344 e. The van der Waals surface area contributed by atoms with Crippen LogP contribution in [0.4, 0.5) is 0 Å². The molecule has 7 heteroatoms. The highest BCUT2D eigenvalue weighted by molar-refractivity contribution is 7.58. The third-order valence-electron chi connectivity index (χ3n) is 1.72. The van der Waals surface area contributed by atoms with Crippen LogP contribution in [-0.4, -0.2) is 43.5 Å². The molecule has 0 aromatic heterocycles. The van der Waals surface area contributed by atoms with E-state index in [0.29, 0.717) is 0 Å². The summed E-state index contributed by atoms with van der Waals surface area (Å²) >= 11 is 0. The third kappa shape index (κ3) is 7.90. The lowest BCUT2D eigenvalue weighted by molar-refractivity contribution is 0.00562. The maximum absolute atomic E-state index is 11.7. The van der Waals surface area contributed by atoms with E-state index in [-0.39, 0.29) is 24.5 Å². The molecule has 0 bridgehead atoms. The predicted molar refractivity (Wildman–Crippen MR) is 58.8 cm³/mol. The quantitative estimate of drug-likeness (QED) is 0.419. The Balaban J connectivity index is 4.00. The molecule has 0 aromatic rings. The Morgan fingerprint density at radius 2 is 1.47 bits per heavy atom. The van der Waals surface area contributed by atoms with Gasteiger partial charge in [0.2, 0.25) is 7.37 Å². The lowest BCUT2D eigenvalue weighted by Gasteiger charge is -2.19. The van der Waals surface area contributed by atoms with Crippen molar-refractivity contribution < 1.29 is 19.1 Å². The molecule has 2 atom stereocenters. The Morgan fingerprint density at radius 3 is 1.73 bits per heavy atom. The van der Waals surface area contributed by atoms with E-state index in [1.807, 2.05) is 0 Å². The molecule has 15 heavy (non-hydrogen) atoms. The van der Waals surface area contributed by atoms with Gasteiger partial charge in [-0.3, -0.25) is 14.2 Å². The van der Waals surface area contributed by atoms with Crippen LogP contribution < -0.4 is 11.0 Å². The molecular formula is C8H21N2O4P. The molecule has 0 aliphatic heterocycles. The summed E-state index contributed by atoms with van der Waals surface area (Å²) in [6, 6.07) is 0. The highest BCUT2D eigenvalue weighted by Gasteiger charge is 2.25. The van der Waals surface area contributed by atoms with Crippen LogP contribution >= 0.6 is 7.37 Å². The maximum Gasteiger partial charge on any atom is 0.205 e. The lowest BCUT2D eigenvalue weighted by Crippen LogP contribution is -2.25. The average molecular weight is 240 g/mol. The van der Waals surface area contributed by atoms with Gasteiger partial charge >= 0.3 is 0 Å². The van der Waals surface area contributed by atoms with Crippen LogP contribution in [0.15, 0.2) is 0 Å². The molecule has 2 unspecified atom stereocenters. The minimum absolute atomic E-state index is 0.116. The van der Waals surface area contributed by atoms with Crippen LogP contribution in [0.1, 0.15) is 13.8 Å². The molecule has 0 saturated carbocycles. The van der Waals surface area contributed by atoms with E-state index in [1.54, 1.807) is 27.9 Å². The molecule has 92 valence electrons. The van der Waals surface area contributed by atoms with Crippen LogP contribution in [0, 0.1) is 0 Å². The number of hydroxylamine groups is 2. The van der Waals surface area contributed by atoms with E-state index in [4.69, 9.17) is 9.68 Å². The van der Waals surface area contributed by atoms with Gasteiger partial charge in [-0.15, -0.1) is 0 Å². The number of hydrogen-bond donors (Lipinski definition) is 3. The van der Waals surface area contributed by atoms with Crippen molar-refractivity contribution in [2.45, 2.75) is 26.1 Å². The van der Waals surface area contributed by atoms with E-state index in [9.17, 15) is 9.46 Å². The monoisotopic (exact) mass is 240 g/mol. The van der Waals surface area contributed by atoms with Crippen molar-refractivity contribution in [3.05, 3.63) is 0 Å². The van der Waals surface area contributed by atoms with E-state index >= 15 is 0 Å². The molecule has 0 aliphatic rings. The summed E-state index contributed by atoms with van der Waals surface area (Å²) in [4.78, 5) is 19.6. The van der Waals surface area contributed by atoms with E-state index in [2.05, 4.69) is 11.0 Å². The normalized spacial score (nSPS) is 19.5. The standard InChI is InChI=1S/C8H21N2O4P/c1-7(13-9-3)5-15(11,12)6-8(2)14-10-4/h7-10H,5-6H2,1-4H3,(H,11,12). The third-order valence-corrected chi connectivity index (χ3v) is 3.89. The molecule has 0 amide bonds. The summed E-state index contributed by atoms with van der Waals surface area (Å²) in [5, 5.41) is 0. The van der Waals surface area contributed by atoms with Crippen molar-refractivity contribution in [1.82, 2.24) is 11.0 Å². The van der Waals surface area contributed by atoms with Gasteiger partial charge in [0.05, 0.1) is 24.5 Å². The van der Waals surface area contributed by atoms with Gasteiger partial charge < -0.3 is 4.89 Å². The molecule has 0 fully saturated rings. The van der Waals surface area contributed by atoms with Gasteiger partial charge in [-0.25, -0.2) is 11.0 Å². The number of hydrogen-bond acceptors (Lipinski definition) is 5. The van der Waals surface area contributed by atoms with Crippen LogP contribution in [0.5, 0.6) is 0 Å². The second kappa shape index (κ2) is 7.33. The second-order valence-corrected chi connectivity index (χ2v) is 5.90. The summed E-state index contributed by atoms with van der Waals surface area (Å²) in [5.74, 6) is 0. The summed E-state index contributed by atoms with van der Waals surface area (Å²) in [6.07, 6.45) is -0.364. The van der Waals surface area contributed by atoms with Crippen LogP contribution in [-0.2, 0) is 14.2 Å². The molecule has 0 spiro atoms. The molecular weight excluding hydrogens is 219 g/mol. The molecule has 0 aliphatic carbocycles. The first kappa shape index (κ1) is 15.0. The number of nitrogens with one attached hydrogen (secondary N) is 2. The Hall–Kier alpha value is 0.0300. The molecule has 0 heterocycles. The first-order valence-electron chi connectivity index (χ1n) is 4.87. The summed E-state index contributed by atoms with van der Waals surface area (Å²) in [6.45, 7) is 3.48. The van der Waals surface area contributed by atoms with Crippen molar-refractivity contribution in [2.75, 3.05) is 26.4 Å². The minimum atomic E-state index is -3.19. The molecule has 6 nitrogen and oxygen atoms in total. The summed E-state index contributed by atoms with van der Waals surface area (Å²) in [5.41, 5.74) is 4.99. The Morgan fingerprint density at radius 1 is 1.13 bits per heavy atom. The van der Waals surface area contributed by atoms with Gasteiger partial charge in [-0.05, 0) is 13.8 Å². The zero-order valence-electron chi connectivity index (χ0n) is 9.69. The summed E-state index contributed by atoms with van der Waals surface area (Å²) in [7, 11) is 0.0390. The SMILES string of the molecule is CNOC(C)CP(=O)(O)CC(C)ONC. The molecule has 0 rings (SSSR count). The second-order valence-electron chi connectivity index (χ2n) is 3.48. The fourth-order valence-electron chi connectivity index (χ4n) is 1.35. The Labute approximate surface area is 90.7 Å². The van der Waals surface area contributed by atoms with E-state index in [0.717, 1.165) is 0 Å². The van der Waals surface area contributed by atoms with E-state index < -0.39 is 7.37 Å². The highest BCUT2D eigenvalue weighted by atomic mass is 31.2. The van der Waals surface area contributed by atoms with Crippen molar-refractivity contribution in [3.63, 3.8) is 0 Å². The first-order valence-corrected chi connectivity index (χ1v) is 6.90. The molecule has 3 N–H and O–H groups in total. The fraction of sp³-hybridized carbons (Fsp3) is 1.00. The average Bonchev–Trinajstić information content (AvgIpc) is 2.01. The highest BCUT2D eigenvalue weighted by Crippen LogP contribution is 2.42. The Bertz CT molecular complexity index is 197. The summed E-state index contributed by atoms with van der Waals surface area (Å²) < 4.78 is 11.7. The zero-order chi connectivity index (χ0) is 11.9. The van der Waals surface area contributed by atoms with Gasteiger partial charge in [0.1, 0.15) is 0 Å². The number of rotatable bonds is 8. The van der Waals surface area contributed by atoms with Gasteiger partial charge in [0, 0.05) is 14.1 Å². The van der Waals surface area contributed by atoms with Crippen LogP contribution in [0.25, 0.3) is 0 Å². The van der Waals surface area contributed by atoms with Gasteiger partial charge in [0.25, 0.3) is 0 Å². The smallest absolute Gasteiger partial charge is 0.205 e. The van der Waals surface area contributed by atoms with Crippen LogP contribution in [0.2, 0.25) is 0 Å². The first-order chi connectivity index (χ1) is 6.91. The van der Waals surface area contributed by atoms with Crippen molar-refractivity contribution in [2.24, 2.45) is 0 Å². The van der Waals surface area contributed by atoms with Gasteiger partial charge in [-0.1, -0.05) is 0 Å². The van der Waals surface area contributed by atoms with E-state index in [1.165, 1.54) is 0 Å². The van der Waals surface area contributed by atoms with Crippen molar-refractivity contribution >= 4 is 7.37 Å². The van der Waals surface area contributed by atoms with Crippen molar-refractivity contribution in [1.29, 1.82) is 0 Å². The Kier molecular flexibility index (Phi) is 7.34. The fourth-order valence-corrected chi connectivity index (χ4v) is 3.26. The minimum Gasteiger partial charge on any atom is -0.344 e. The molecule has 0 saturated heterocycles. The maximum atomic E-state index is 11.7. The predicted octanol–water partition coefficient (Wildman–Crippen LogP) is 0.336. The van der Waals surface area contributed by atoms with Gasteiger partial charge in [0.15, 0.2) is 0 Å².